The van der Waals surface area contributed by atoms with Crippen molar-refractivity contribution in [3.05, 3.63) is 51.3 Å². The number of hydrogen-bond acceptors (Lipinski definition) is 3. The van der Waals surface area contributed by atoms with Crippen molar-refractivity contribution in [2.45, 2.75) is 27.2 Å². The van der Waals surface area contributed by atoms with Crippen LogP contribution in [0.25, 0.3) is 0 Å². The van der Waals surface area contributed by atoms with Gasteiger partial charge in [0.15, 0.2) is 0 Å². The van der Waals surface area contributed by atoms with Crippen LogP contribution in [0.5, 0.6) is 0 Å². The Morgan fingerprint density at radius 3 is 2.33 bits per heavy atom. The lowest BCUT2D eigenvalue weighted by molar-refractivity contribution is -0.116. The third-order valence-electron chi connectivity index (χ3n) is 3.40. The largest absolute Gasteiger partial charge is 0.326 e. The highest BCUT2D eigenvalue weighted by atomic mass is 35.5. The highest BCUT2D eigenvalue weighted by Gasteiger charge is 2.14. The Morgan fingerprint density at radius 1 is 1.12 bits per heavy atom. The summed E-state index contributed by atoms with van der Waals surface area (Å²) < 4.78 is 0. The lowest BCUT2D eigenvalue weighted by atomic mass is 10.1. The molecule has 5 nitrogen and oxygen atoms in total. The fraction of sp³-hybridized carbons (Fsp3) is 0.235. The van der Waals surface area contributed by atoms with Gasteiger partial charge in [-0.15, -0.1) is 0 Å². The van der Waals surface area contributed by atoms with Crippen LogP contribution in [0.2, 0.25) is 10.2 Å². The number of aromatic nitrogens is 1. The molecule has 126 valence electrons. The zero-order chi connectivity index (χ0) is 17.9. The predicted molar refractivity (Wildman–Crippen MR) is 96.8 cm³/mol. The van der Waals surface area contributed by atoms with Gasteiger partial charge in [-0.05, 0) is 37.6 Å². The molecule has 7 heteroatoms. The van der Waals surface area contributed by atoms with E-state index in [1.54, 1.807) is 31.2 Å². The van der Waals surface area contributed by atoms with Crippen molar-refractivity contribution >= 4 is 46.4 Å². The fourth-order valence-corrected chi connectivity index (χ4v) is 2.90. The topological polar surface area (TPSA) is 71.1 Å². The third-order valence-corrected chi connectivity index (χ3v) is 4.05. The van der Waals surface area contributed by atoms with Crippen LogP contribution in [0.3, 0.4) is 0 Å². The van der Waals surface area contributed by atoms with Crippen molar-refractivity contribution in [3.8, 4) is 0 Å². The average molecular weight is 366 g/mol. The summed E-state index contributed by atoms with van der Waals surface area (Å²) in [5, 5.41) is 6.15. The van der Waals surface area contributed by atoms with Crippen LogP contribution >= 0.6 is 23.2 Å². The van der Waals surface area contributed by atoms with Crippen LogP contribution in [0.15, 0.2) is 24.3 Å². The second kappa shape index (κ2) is 7.64. The quantitative estimate of drug-likeness (QED) is 0.799. The van der Waals surface area contributed by atoms with Gasteiger partial charge >= 0.3 is 0 Å². The Hall–Kier alpha value is -2.11. The molecule has 24 heavy (non-hydrogen) atoms. The monoisotopic (exact) mass is 365 g/mol. The first-order valence-electron chi connectivity index (χ1n) is 7.26. The van der Waals surface area contributed by atoms with Crippen LogP contribution in [0, 0.1) is 13.8 Å². The molecule has 1 aromatic heterocycles. The molecule has 0 fully saturated rings. The molecule has 0 unspecified atom stereocenters. The summed E-state index contributed by atoms with van der Waals surface area (Å²) in [6.45, 7) is 5.02. The van der Waals surface area contributed by atoms with E-state index in [1.807, 2.05) is 6.92 Å². The zero-order valence-electron chi connectivity index (χ0n) is 13.5. The highest BCUT2D eigenvalue weighted by Crippen LogP contribution is 2.26. The Bertz CT molecular complexity index is 783. The molecule has 2 N–H and O–H groups in total. The van der Waals surface area contributed by atoms with Crippen molar-refractivity contribution in [2.24, 2.45) is 0 Å². The molecule has 0 aliphatic heterocycles. The molecule has 1 aromatic carbocycles. The van der Waals surface area contributed by atoms with E-state index in [1.165, 1.54) is 6.92 Å². The van der Waals surface area contributed by atoms with E-state index >= 15 is 0 Å². The van der Waals surface area contributed by atoms with Gasteiger partial charge in [-0.25, -0.2) is 4.98 Å². The number of aryl methyl sites for hydroxylation is 1. The van der Waals surface area contributed by atoms with Gasteiger partial charge in [0.1, 0.15) is 5.15 Å². The number of rotatable bonds is 4. The number of nitrogens with zero attached hydrogens (tertiary/aromatic N) is 1. The van der Waals surface area contributed by atoms with E-state index in [-0.39, 0.29) is 23.4 Å². The van der Waals surface area contributed by atoms with Crippen molar-refractivity contribution < 1.29 is 9.59 Å². The molecule has 1 heterocycles. The lowest BCUT2D eigenvalue weighted by Gasteiger charge is -2.13. The van der Waals surface area contributed by atoms with E-state index in [2.05, 4.69) is 15.6 Å². The second-order valence-corrected chi connectivity index (χ2v) is 6.16. The number of pyridine rings is 1. The summed E-state index contributed by atoms with van der Waals surface area (Å²) in [6, 6.07) is 6.94. The van der Waals surface area contributed by atoms with E-state index < -0.39 is 0 Å². The second-order valence-electron chi connectivity index (χ2n) is 5.40. The van der Waals surface area contributed by atoms with E-state index in [9.17, 15) is 9.59 Å². The first-order chi connectivity index (χ1) is 11.3. The summed E-state index contributed by atoms with van der Waals surface area (Å²) >= 11 is 12.2. The number of anilines is 2. The maximum atomic E-state index is 12.3. The van der Waals surface area contributed by atoms with Gasteiger partial charge in [-0.2, -0.15) is 0 Å². The first-order valence-corrected chi connectivity index (χ1v) is 8.02. The van der Waals surface area contributed by atoms with Crippen LogP contribution in [0.4, 0.5) is 11.4 Å². The number of nitrogens with one attached hydrogen (secondary N) is 2. The maximum absolute atomic E-state index is 12.3. The summed E-state index contributed by atoms with van der Waals surface area (Å²) in [5.74, 6) is -0.446. The van der Waals surface area contributed by atoms with Crippen molar-refractivity contribution in [3.63, 3.8) is 0 Å². The van der Waals surface area contributed by atoms with E-state index in [0.29, 0.717) is 27.7 Å². The molecule has 0 aliphatic carbocycles. The molecule has 2 aromatic rings. The SMILES string of the molecule is CC(=O)Nc1cccc(NC(=O)Cc2c(Cl)cc(C)nc2Cl)c1C. The van der Waals surface area contributed by atoms with Gasteiger partial charge < -0.3 is 10.6 Å². The maximum Gasteiger partial charge on any atom is 0.228 e. The van der Waals surface area contributed by atoms with E-state index in [0.717, 1.165) is 5.56 Å². The molecular formula is C17H17Cl2N3O2. The van der Waals surface area contributed by atoms with Crippen LogP contribution in [-0.4, -0.2) is 16.8 Å². The summed E-state index contributed by atoms with van der Waals surface area (Å²) in [4.78, 5) is 27.6. The summed E-state index contributed by atoms with van der Waals surface area (Å²) in [5.41, 5.74) is 3.19. The summed E-state index contributed by atoms with van der Waals surface area (Å²) in [6.07, 6.45) is 0.00868. The van der Waals surface area contributed by atoms with Crippen molar-refractivity contribution in [2.75, 3.05) is 10.6 Å². The number of hydrogen-bond donors (Lipinski definition) is 2. The minimum Gasteiger partial charge on any atom is -0.326 e. The molecule has 0 saturated carbocycles. The van der Waals surface area contributed by atoms with Crippen LogP contribution < -0.4 is 10.6 Å². The zero-order valence-corrected chi connectivity index (χ0v) is 15.0. The Kier molecular flexibility index (Phi) is 5.80. The van der Waals surface area contributed by atoms with Gasteiger partial charge in [0.05, 0.1) is 6.42 Å². The van der Waals surface area contributed by atoms with Crippen molar-refractivity contribution in [1.82, 2.24) is 4.98 Å². The first kappa shape index (κ1) is 18.2. The van der Waals surface area contributed by atoms with Gasteiger partial charge in [-0.1, -0.05) is 29.3 Å². The number of carbonyl (C=O) groups is 2. The van der Waals surface area contributed by atoms with Gasteiger partial charge in [0.25, 0.3) is 0 Å². The minimum atomic E-state index is -0.271. The predicted octanol–water partition coefficient (Wildman–Crippen LogP) is 4.14. The smallest absolute Gasteiger partial charge is 0.228 e. The van der Waals surface area contributed by atoms with Gasteiger partial charge in [0, 0.05) is 34.6 Å². The molecule has 0 bridgehead atoms. The summed E-state index contributed by atoms with van der Waals surface area (Å²) in [7, 11) is 0. The molecule has 0 spiro atoms. The average Bonchev–Trinajstić information content (AvgIpc) is 2.46. The Labute approximate surface area is 150 Å². The molecule has 0 radical (unpaired) electrons. The molecule has 2 rings (SSSR count). The lowest BCUT2D eigenvalue weighted by Crippen LogP contribution is -2.17. The van der Waals surface area contributed by atoms with E-state index in [4.69, 9.17) is 23.2 Å². The number of halogens is 2. The normalized spacial score (nSPS) is 10.4. The molecule has 0 aliphatic rings. The molecule has 0 saturated heterocycles. The third kappa shape index (κ3) is 4.46. The molecular weight excluding hydrogens is 349 g/mol. The number of carbonyl (C=O) groups excluding carboxylic acids is 2. The molecule has 2 amide bonds. The minimum absolute atomic E-state index is 0.00868. The van der Waals surface area contributed by atoms with Crippen LogP contribution in [-0.2, 0) is 16.0 Å². The Balaban J connectivity index is 2.18. The standard InChI is InChI=1S/C17H17Cl2N3O2/c1-9-7-13(18)12(17(19)20-9)8-16(24)22-15-6-4-5-14(10(15)2)21-11(3)23/h4-7H,8H2,1-3H3,(H,21,23)(H,22,24). The molecule has 0 atom stereocenters. The van der Waals surface area contributed by atoms with Crippen molar-refractivity contribution in [1.29, 1.82) is 0 Å². The fourth-order valence-electron chi connectivity index (χ4n) is 2.23. The van der Waals surface area contributed by atoms with Crippen LogP contribution in [0.1, 0.15) is 23.7 Å². The van der Waals surface area contributed by atoms with Gasteiger partial charge in [-0.3, -0.25) is 9.59 Å². The highest BCUT2D eigenvalue weighted by molar-refractivity contribution is 6.35. The number of amides is 2. The van der Waals surface area contributed by atoms with Gasteiger partial charge in [0.2, 0.25) is 11.8 Å². The number of benzene rings is 1. The Morgan fingerprint density at radius 2 is 1.75 bits per heavy atom.